The maximum absolute atomic E-state index is 4.57. The minimum Gasteiger partial charge on any atom is -0.309 e. The smallest absolute Gasteiger partial charge is 0.159 e. The van der Waals surface area contributed by atoms with Gasteiger partial charge in [-0.1, -0.05) is 97.1 Å². The summed E-state index contributed by atoms with van der Waals surface area (Å²) < 4.78 is 7.27. The highest BCUT2D eigenvalue weighted by atomic mass is 15.1. The zero-order valence-corrected chi connectivity index (χ0v) is 33.8. The summed E-state index contributed by atoms with van der Waals surface area (Å²) in [6.07, 6.45) is 3.61. The summed E-state index contributed by atoms with van der Waals surface area (Å²) >= 11 is 0. The fourth-order valence-electron chi connectivity index (χ4n) is 9.64. The van der Waals surface area contributed by atoms with E-state index in [1.807, 2.05) is 18.5 Å². The number of rotatable bonds is 6. The quantitative estimate of drug-likeness (QED) is 0.169. The van der Waals surface area contributed by atoms with Gasteiger partial charge in [0.05, 0.1) is 22.1 Å². The first-order chi connectivity index (χ1) is 30.1. The number of nitrogens with zero attached hydrogens (tertiary/aromatic N) is 5. The van der Waals surface area contributed by atoms with Crippen molar-refractivity contribution in [1.82, 2.24) is 23.7 Å². The van der Waals surface area contributed by atoms with Gasteiger partial charge in [0.25, 0.3) is 0 Å². The summed E-state index contributed by atoms with van der Waals surface area (Å²) in [7, 11) is 0. The van der Waals surface area contributed by atoms with Gasteiger partial charge in [0.2, 0.25) is 0 Å². The number of aromatic nitrogens is 5. The number of para-hydroxylation sites is 4. The fraction of sp³-hybridized carbons (Fsp3) is 0.0357. The van der Waals surface area contributed by atoms with Crippen LogP contribution in [0.5, 0.6) is 0 Å². The topological polar surface area (TPSA) is 40.6 Å². The van der Waals surface area contributed by atoms with Gasteiger partial charge in [-0.15, -0.1) is 0 Å². The molecule has 0 spiro atoms. The van der Waals surface area contributed by atoms with Gasteiger partial charge in [-0.05, 0) is 138 Å². The number of benzene rings is 8. The van der Waals surface area contributed by atoms with E-state index >= 15 is 0 Å². The average molecular weight is 782 g/mol. The molecule has 4 heterocycles. The molecule has 0 bridgehead atoms. The second-order valence-corrected chi connectivity index (χ2v) is 16.0. The molecule has 61 heavy (non-hydrogen) atoms. The van der Waals surface area contributed by atoms with Crippen LogP contribution >= 0.6 is 0 Å². The molecule has 12 rings (SSSR count). The standard InChI is InChI=1S/C56H39N5/c1-36-32-46(55-57-29-14-30-58-55)37(2)31-45(36)40-25-28-53-49(35-40)54-48-34-39(24-27-52(48)60(42-17-8-4-9-18-42)56(54)61(53)43-19-10-5-11-20-43)38-23-26-51-47(33-38)44-21-12-13-22-50(44)59(51)41-15-6-3-7-16-41/h3-35H,1-2H3. The summed E-state index contributed by atoms with van der Waals surface area (Å²) in [5.74, 6) is 0.748. The molecule has 0 N–H and O–H groups in total. The zero-order chi connectivity index (χ0) is 40.6. The molecule has 0 aliphatic carbocycles. The van der Waals surface area contributed by atoms with E-state index in [1.165, 1.54) is 65.8 Å². The Morgan fingerprint density at radius 1 is 0.344 bits per heavy atom. The molecule has 0 radical (unpaired) electrons. The second kappa shape index (κ2) is 13.8. The van der Waals surface area contributed by atoms with Crippen molar-refractivity contribution in [3.05, 3.63) is 212 Å². The third-order valence-electron chi connectivity index (χ3n) is 12.4. The number of hydrogen-bond acceptors (Lipinski definition) is 2. The first-order valence-electron chi connectivity index (χ1n) is 20.8. The van der Waals surface area contributed by atoms with E-state index in [4.69, 9.17) is 0 Å². The van der Waals surface area contributed by atoms with Gasteiger partial charge in [0, 0.05) is 62.0 Å². The van der Waals surface area contributed by atoms with Gasteiger partial charge in [-0.3, -0.25) is 9.13 Å². The van der Waals surface area contributed by atoms with Crippen molar-refractivity contribution in [3.63, 3.8) is 0 Å². The van der Waals surface area contributed by atoms with E-state index in [2.05, 4.69) is 220 Å². The maximum atomic E-state index is 4.57. The van der Waals surface area contributed by atoms with Crippen LogP contribution in [0, 0.1) is 13.8 Å². The molecular formula is C56H39N5. The van der Waals surface area contributed by atoms with Crippen LogP contribution in [0.15, 0.2) is 200 Å². The van der Waals surface area contributed by atoms with Crippen molar-refractivity contribution in [2.75, 3.05) is 0 Å². The van der Waals surface area contributed by atoms with Crippen LogP contribution in [0.4, 0.5) is 0 Å². The van der Waals surface area contributed by atoms with Crippen molar-refractivity contribution in [2.45, 2.75) is 13.8 Å². The van der Waals surface area contributed by atoms with Crippen LogP contribution in [0.25, 0.3) is 105 Å². The molecule has 8 aromatic carbocycles. The Morgan fingerprint density at radius 2 is 0.787 bits per heavy atom. The normalized spacial score (nSPS) is 11.8. The molecule has 0 amide bonds. The lowest BCUT2D eigenvalue weighted by atomic mass is 9.93. The van der Waals surface area contributed by atoms with Gasteiger partial charge >= 0.3 is 0 Å². The second-order valence-electron chi connectivity index (χ2n) is 16.0. The maximum Gasteiger partial charge on any atom is 0.159 e. The SMILES string of the molecule is Cc1cc(-c2ncccn2)c(C)cc1-c1ccc2c(c1)c1c3cc(-c4ccc5c(c4)c4ccccc4n5-c4ccccc4)ccc3n(-c3ccccc3)c1n2-c1ccccc1. The molecule has 0 atom stereocenters. The Morgan fingerprint density at radius 3 is 1.39 bits per heavy atom. The molecule has 5 nitrogen and oxygen atoms in total. The first kappa shape index (κ1) is 35.0. The van der Waals surface area contributed by atoms with Crippen LogP contribution in [-0.2, 0) is 0 Å². The Bertz CT molecular complexity index is 3630. The molecule has 0 saturated carbocycles. The van der Waals surface area contributed by atoms with E-state index in [0.717, 1.165) is 50.7 Å². The fourth-order valence-corrected chi connectivity index (χ4v) is 9.64. The third-order valence-corrected chi connectivity index (χ3v) is 12.4. The number of aryl methyl sites for hydroxylation is 2. The number of hydrogen-bond donors (Lipinski definition) is 0. The molecule has 4 aromatic heterocycles. The van der Waals surface area contributed by atoms with E-state index in [1.54, 1.807) is 0 Å². The van der Waals surface area contributed by atoms with Gasteiger partial charge in [0.15, 0.2) is 5.82 Å². The van der Waals surface area contributed by atoms with Crippen LogP contribution in [-0.4, -0.2) is 23.7 Å². The van der Waals surface area contributed by atoms with Gasteiger partial charge in [-0.2, -0.15) is 0 Å². The van der Waals surface area contributed by atoms with Gasteiger partial charge < -0.3 is 4.57 Å². The van der Waals surface area contributed by atoms with Gasteiger partial charge in [-0.25, -0.2) is 9.97 Å². The van der Waals surface area contributed by atoms with Crippen molar-refractivity contribution in [3.8, 4) is 50.7 Å². The van der Waals surface area contributed by atoms with Gasteiger partial charge in [0.1, 0.15) is 5.65 Å². The van der Waals surface area contributed by atoms with E-state index in [9.17, 15) is 0 Å². The van der Waals surface area contributed by atoms with Crippen LogP contribution in [0.1, 0.15) is 11.1 Å². The Balaban J connectivity index is 1.13. The molecular weight excluding hydrogens is 743 g/mol. The summed E-state index contributed by atoms with van der Waals surface area (Å²) in [4.78, 5) is 9.14. The minimum atomic E-state index is 0.748. The lowest BCUT2D eigenvalue weighted by molar-refractivity contribution is 1.07. The largest absolute Gasteiger partial charge is 0.309 e. The van der Waals surface area contributed by atoms with Crippen molar-refractivity contribution < 1.29 is 0 Å². The lowest BCUT2D eigenvalue weighted by Crippen LogP contribution is -2.01. The number of fused-ring (bicyclic) bond motifs is 8. The predicted octanol–water partition coefficient (Wildman–Crippen LogP) is 14.2. The predicted molar refractivity (Wildman–Crippen MR) is 253 cm³/mol. The summed E-state index contributed by atoms with van der Waals surface area (Å²) in [6, 6.07) is 68.3. The van der Waals surface area contributed by atoms with Crippen LogP contribution in [0.2, 0.25) is 0 Å². The first-order valence-corrected chi connectivity index (χ1v) is 20.8. The molecule has 0 aliphatic rings. The summed E-state index contributed by atoms with van der Waals surface area (Å²) in [5.41, 5.74) is 17.4. The van der Waals surface area contributed by atoms with Crippen molar-refractivity contribution in [1.29, 1.82) is 0 Å². The molecule has 0 unspecified atom stereocenters. The third kappa shape index (κ3) is 5.48. The van der Waals surface area contributed by atoms with Crippen molar-refractivity contribution >= 4 is 54.6 Å². The highest BCUT2D eigenvalue weighted by molar-refractivity contribution is 6.23. The monoisotopic (exact) mass is 781 g/mol. The lowest BCUT2D eigenvalue weighted by Gasteiger charge is -2.14. The molecule has 12 aromatic rings. The Hall–Kier alpha value is -8.02. The highest BCUT2D eigenvalue weighted by Gasteiger charge is 2.24. The Labute approximate surface area is 353 Å². The summed E-state index contributed by atoms with van der Waals surface area (Å²) in [6.45, 7) is 4.35. The van der Waals surface area contributed by atoms with Crippen molar-refractivity contribution in [2.24, 2.45) is 0 Å². The van der Waals surface area contributed by atoms with E-state index < -0.39 is 0 Å². The summed E-state index contributed by atoms with van der Waals surface area (Å²) in [5, 5.41) is 6.14. The van der Waals surface area contributed by atoms with Crippen LogP contribution < -0.4 is 0 Å². The average Bonchev–Trinajstić information content (AvgIpc) is 3.95. The van der Waals surface area contributed by atoms with Crippen LogP contribution in [0.3, 0.4) is 0 Å². The molecule has 5 heteroatoms. The molecule has 0 aliphatic heterocycles. The Kier molecular flexibility index (Phi) is 7.91. The minimum absolute atomic E-state index is 0.748. The molecule has 0 saturated heterocycles. The zero-order valence-electron chi connectivity index (χ0n) is 33.8. The molecule has 0 fully saturated rings. The van der Waals surface area contributed by atoms with E-state index in [0.29, 0.717) is 0 Å². The van der Waals surface area contributed by atoms with E-state index in [-0.39, 0.29) is 0 Å². The molecule has 288 valence electrons. The highest BCUT2D eigenvalue weighted by Crippen LogP contribution is 2.44.